The Morgan fingerprint density at radius 2 is 2.06 bits per heavy atom. The molecule has 0 atom stereocenters. The quantitative estimate of drug-likeness (QED) is 0.810. The van der Waals surface area contributed by atoms with Crippen molar-refractivity contribution in [1.29, 1.82) is 10.5 Å². The second kappa shape index (κ2) is 7.71. The van der Waals surface area contributed by atoms with Gasteiger partial charge in [0.25, 0.3) is 0 Å². The van der Waals surface area contributed by atoms with E-state index in [4.69, 9.17) is 15.3 Å². The molecule has 0 heterocycles. The fourth-order valence-corrected chi connectivity index (χ4v) is 2.06. The maximum absolute atomic E-state index is 8.95. The second-order valence-electron chi connectivity index (χ2n) is 3.70. The lowest BCUT2D eigenvalue weighted by atomic mass is 10.2. The van der Waals surface area contributed by atoms with Crippen LogP contribution in [-0.2, 0) is 4.74 Å². The van der Waals surface area contributed by atoms with E-state index in [1.165, 1.54) is 0 Å². The molecule has 0 saturated heterocycles. The van der Waals surface area contributed by atoms with Gasteiger partial charge in [0.05, 0.1) is 30.7 Å². The van der Waals surface area contributed by atoms with Crippen LogP contribution in [0.15, 0.2) is 22.7 Å². The molecule has 18 heavy (non-hydrogen) atoms. The number of ether oxygens (including phenoxy) is 1. The van der Waals surface area contributed by atoms with E-state index in [2.05, 4.69) is 28.1 Å². The Morgan fingerprint density at radius 1 is 1.28 bits per heavy atom. The van der Waals surface area contributed by atoms with Crippen LogP contribution in [0.1, 0.15) is 12.0 Å². The maximum atomic E-state index is 8.95. The Kier molecular flexibility index (Phi) is 6.21. The molecule has 4 nitrogen and oxygen atoms in total. The van der Waals surface area contributed by atoms with Crippen LogP contribution < -0.4 is 4.90 Å². The lowest BCUT2D eigenvalue weighted by Gasteiger charge is -2.23. The van der Waals surface area contributed by atoms with Crippen molar-refractivity contribution < 1.29 is 4.74 Å². The van der Waals surface area contributed by atoms with Crippen LogP contribution in [0.2, 0.25) is 0 Å². The summed E-state index contributed by atoms with van der Waals surface area (Å²) in [5, 5.41) is 17.6. The van der Waals surface area contributed by atoms with Gasteiger partial charge in [0.15, 0.2) is 0 Å². The van der Waals surface area contributed by atoms with Gasteiger partial charge in [-0.1, -0.05) is 15.9 Å². The van der Waals surface area contributed by atoms with Crippen LogP contribution in [-0.4, -0.2) is 26.8 Å². The van der Waals surface area contributed by atoms with E-state index < -0.39 is 0 Å². The Balaban J connectivity index is 2.93. The first-order valence-corrected chi connectivity index (χ1v) is 6.32. The molecule has 0 bridgehead atoms. The Hall–Kier alpha value is -1.56. The van der Waals surface area contributed by atoms with Crippen LogP contribution in [0.25, 0.3) is 0 Å². The summed E-state index contributed by atoms with van der Waals surface area (Å²) >= 11 is 3.38. The highest BCUT2D eigenvalue weighted by atomic mass is 79.9. The van der Waals surface area contributed by atoms with Gasteiger partial charge < -0.3 is 9.64 Å². The number of hydrogen-bond acceptors (Lipinski definition) is 4. The van der Waals surface area contributed by atoms with E-state index in [0.717, 1.165) is 10.2 Å². The van der Waals surface area contributed by atoms with Crippen molar-refractivity contribution in [3.8, 4) is 12.1 Å². The molecule has 5 heteroatoms. The first kappa shape index (κ1) is 14.5. The van der Waals surface area contributed by atoms with Crippen molar-refractivity contribution in [2.24, 2.45) is 0 Å². The van der Waals surface area contributed by atoms with E-state index >= 15 is 0 Å². The summed E-state index contributed by atoms with van der Waals surface area (Å²) in [6, 6.07) is 9.77. The molecule has 1 aromatic rings. The van der Waals surface area contributed by atoms with Gasteiger partial charge in [-0.3, -0.25) is 0 Å². The van der Waals surface area contributed by atoms with E-state index in [-0.39, 0.29) is 0 Å². The molecule has 0 amide bonds. The molecular weight excluding hydrogens is 294 g/mol. The molecule has 1 aromatic carbocycles. The van der Waals surface area contributed by atoms with Crippen LogP contribution >= 0.6 is 15.9 Å². The van der Waals surface area contributed by atoms with Crippen LogP contribution in [0.5, 0.6) is 0 Å². The minimum Gasteiger partial charge on any atom is -0.383 e. The van der Waals surface area contributed by atoms with E-state index in [1.807, 2.05) is 17.0 Å². The summed E-state index contributed by atoms with van der Waals surface area (Å²) in [6.07, 6.45) is 0.443. The Labute approximate surface area is 116 Å². The highest BCUT2D eigenvalue weighted by Crippen LogP contribution is 2.22. The van der Waals surface area contributed by atoms with Gasteiger partial charge in [-0.25, -0.2) is 0 Å². The van der Waals surface area contributed by atoms with Gasteiger partial charge in [-0.2, -0.15) is 10.5 Å². The molecule has 94 valence electrons. The summed E-state index contributed by atoms with van der Waals surface area (Å²) in [7, 11) is 1.64. The first-order chi connectivity index (χ1) is 8.71. The largest absolute Gasteiger partial charge is 0.383 e. The third kappa shape index (κ3) is 4.37. The second-order valence-corrected chi connectivity index (χ2v) is 4.61. The molecule has 0 spiro atoms. The minimum absolute atomic E-state index is 0.443. The Morgan fingerprint density at radius 3 is 2.67 bits per heavy atom. The summed E-state index contributed by atoms with van der Waals surface area (Å²) in [6.45, 7) is 1.90. The van der Waals surface area contributed by atoms with Crippen molar-refractivity contribution in [1.82, 2.24) is 0 Å². The minimum atomic E-state index is 0.443. The predicted molar refractivity (Wildman–Crippen MR) is 73.2 cm³/mol. The molecule has 0 radical (unpaired) electrons. The molecule has 0 aromatic heterocycles. The fraction of sp³-hybridized carbons (Fsp3) is 0.385. The SMILES string of the molecule is COCCN(CCC#N)c1cc(Br)cc(C#N)c1. The van der Waals surface area contributed by atoms with Gasteiger partial charge in [0.1, 0.15) is 0 Å². The van der Waals surface area contributed by atoms with Crippen molar-refractivity contribution in [2.75, 3.05) is 31.7 Å². The van der Waals surface area contributed by atoms with E-state index in [0.29, 0.717) is 31.7 Å². The number of anilines is 1. The third-order valence-electron chi connectivity index (χ3n) is 2.44. The molecular formula is C13H14BrN3O. The number of benzene rings is 1. The highest BCUT2D eigenvalue weighted by molar-refractivity contribution is 9.10. The fourth-order valence-electron chi connectivity index (χ4n) is 1.58. The van der Waals surface area contributed by atoms with Crippen molar-refractivity contribution >= 4 is 21.6 Å². The van der Waals surface area contributed by atoms with Crippen LogP contribution in [0.4, 0.5) is 5.69 Å². The van der Waals surface area contributed by atoms with Crippen LogP contribution in [0.3, 0.4) is 0 Å². The first-order valence-electron chi connectivity index (χ1n) is 5.52. The van der Waals surface area contributed by atoms with Crippen molar-refractivity contribution in [2.45, 2.75) is 6.42 Å². The maximum Gasteiger partial charge on any atom is 0.0992 e. The highest BCUT2D eigenvalue weighted by Gasteiger charge is 2.08. The zero-order chi connectivity index (χ0) is 13.4. The number of nitriles is 2. The van der Waals surface area contributed by atoms with Crippen molar-refractivity contribution in [3.63, 3.8) is 0 Å². The number of methoxy groups -OCH3 is 1. The lowest BCUT2D eigenvalue weighted by Crippen LogP contribution is -2.28. The topological polar surface area (TPSA) is 60.0 Å². The average molecular weight is 308 g/mol. The van der Waals surface area contributed by atoms with Crippen molar-refractivity contribution in [3.05, 3.63) is 28.2 Å². The molecule has 0 unspecified atom stereocenters. The zero-order valence-corrected chi connectivity index (χ0v) is 11.8. The summed E-state index contributed by atoms with van der Waals surface area (Å²) in [4.78, 5) is 2.04. The van der Waals surface area contributed by atoms with Crippen LogP contribution in [0, 0.1) is 22.7 Å². The number of halogens is 1. The van der Waals surface area contributed by atoms with Gasteiger partial charge in [0, 0.05) is 30.4 Å². The normalized spacial score (nSPS) is 9.56. The molecule has 0 aliphatic rings. The summed E-state index contributed by atoms with van der Waals surface area (Å²) in [5.41, 5.74) is 1.52. The monoisotopic (exact) mass is 307 g/mol. The predicted octanol–water partition coefficient (Wildman–Crippen LogP) is 2.69. The third-order valence-corrected chi connectivity index (χ3v) is 2.89. The molecule has 0 fully saturated rings. The molecule has 0 aliphatic heterocycles. The van der Waals surface area contributed by atoms with E-state index in [1.54, 1.807) is 13.2 Å². The smallest absolute Gasteiger partial charge is 0.0992 e. The van der Waals surface area contributed by atoms with Gasteiger partial charge in [-0.05, 0) is 18.2 Å². The van der Waals surface area contributed by atoms with E-state index in [9.17, 15) is 0 Å². The number of rotatable bonds is 6. The van der Waals surface area contributed by atoms with Gasteiger partial charge >= 0.3 is 0 Å². The average Bonchev–Trinajstić information content (AvgIpc) is 2.38. The summed E-state index contributed by atoms with van der Waals surface area (Å²) < 4.78 is 5.92. The molecule has 1 rings (SSSR count). The lowest BCUT2D eigenvalue weighted by molar-refractivity contribution is 0.205. The summed E-state index contributed by atoms with van der Waals surface area (Å²) in [5.74, 6) is 0. The van der Waals surface area contributed by atoms with Gasteiger partial charge in [0.2, 0.25) is 0 Å². The number of hydrogen-bond donors (Lipinski definition) is 0. The number of nitrogens with zero attached hydrogens (tertiary/aromatic N) is 3. The zero-order valence-electron chi connectivity index (χ0n) is 10.2. The Bertz CT molecular complexity index is 476. The van der Waals surface area contributed by atoms with Gasteiger partial charge in [-0.15, -0.1) is 0 Å². The molecule has 0 N–H and O–H groups in total. The molecule has 0 saturated carbocycles. The standard InChI is InChI=1S/C13H14BrN3O/c1-18-6-5-17(4-2-3-15)13-8-11(10-16)7-12(14)9-13/h7-9H,2,4-6H2,1H3. The molecule has 0 aliphatic carbocycles.